The zero-order valence-electron chi connectivity index (χ0n) is 13.0. The Morgan fingerprint density at radius 3 is 2.65 bits per heavy atom. The molecule has 4 nitrogen and oxygen atoms in total. The molecule has 0 fully saturated rings. The number of methoxy groups -OCH3 is 1. The number of ether oxygens (including phenoxy) is 1. The van der Waals surface area contributed by atoms with Crippen LogP contribution in [0.1, 0.15) is 23.6 Å². The van der Waals surface area contributed by atoms with E-state index in [1.807, 2.05) is 18.2 Å². The van der Waals surface area contributed by atoms with Crippen molar-refractivity contribution in [2.45, 2.75) is 23.8 Å². The molecule has 0 spiro atoms. The number of halogens is 1. The van der Waals surface area contributed by atoms with Gasteiger partial charge in [0.2, 0.25) is 10.0 Å². The first kappa shape index (κ1) is 16.3. The summed E-state index contributed by atoms with van der Waals surface area (Å²) in [7, 11) is -0.497. The maximum Gasteiger partial charge on any atom is 0.243 e. The first-order valence-corrected chi connectivity index (χ1v) is 9.16. The molecule has 0 saturated heterocycles. The summed E-state index contributed by atoms with van der Waals surface area (Å²) in [5.41, 5.74) is 2.30. The molecule has 0 N–H and O–H groups in total. The van der Waals surface area contributed by atoms with Gasteiger partial charge in [-0.25, -0.2) is 8.42 Å². The third kappa shape index (κ3) is 2.84. The summed E-state index contributed by atoms with van der Waals surface area (Å²) < 4.78 is 32.3. The highest BCUT2D eigenvalue weighted by Crippen LogP contribution is 2.38. The molecule has 0 heterocycles. The van der Waals surface area contributed by atoms with E-state index in [1.54, 1.807) is 13.1 Å². The molecule has 0 saturated carbocycles. The summed E-state index contributed by atoms with van der Waals surface area (Å²) in [6.07, 6.45) is 1.68. The Balaban J connectivity index is 1.96. The van der Waals surface area contributed by atoms with E-state index >= 15 is 0 Å². The fourth-order valence-corrected chi connectivity index (χ4v) is 4.77. The Labute approximate surface area is 141 Å². The highest BCUT2D eigenvalue weighted by atomic mass is 35.5. The van der Waals surface area contributed by atoms with Crippen LogP contribution in [0.15, 0.2) is 47.4 Å². The average molecular weight is 352 g/mol. The van der Waals surface area contributed by atoms with E-state index in [-0.39, 0.29) is 16.0 Å². The van der Waals surface area contributed by atoms with Crippen molar-refractivity contribution in [2.24, 2.45) is 0 Å². The minimum Gasteiger partial charge on any atom is -0.495 e. The monoisotopic (exact) mass is 351 g/mol. The first-order valence-electron chi connectivity index (χ1n) is 7.34. The number of hydrogen-bond acceptors (Lipinski definition) is 3. The highest BCUT2D eigenvalue weighted by molar-refractivity contribution is 7.89. The van der Waals surface area contributed by atoms with Gasteiger partial charge in [0.05, 0.1) is 23.1 Å². The Bertz CT molecular complexity index is 835. The van der Waals surface area contributed by atoms with Crippen LogP contribution in [-0.4, -0.2) is 26.9 Å². The molecule has 3 rings (SSSR count). The van der Waals surface area contributed by atoms with Gasteiger partial charge < -0.3 is 4.74 Å². The molecule has 1 aliphatic carbocycles. The molecule has 2 aromatic rings. The zero-order chi connectivity index (χ0) is 16.6. The van der Waals surface area contributed by atoms with Gasteiger partial charge in [-0.3, -0.25) is 0 Å². The predicted molar refractivity (Wildman–Crippen MR) is 90.5 cm³/mol. The summed E-state index contributed by atoms with van der Waals surface area (Å²) in [6.45, 7) is 0. The molecular weight excluding hydrogens is 334 g/mol. The fraction of sp³-hybridized carbons (Fsp3) is 0.294. The molecule has 0 aliphatic heterocycles. The summed E-state index contributed by atoms with van der Waals surface area (Å²) in [5.74, 6) is 0.458. The quantitative estimate of drug-likeness (QED) is 0.844. The van der Waals surface area contributed by atoms with Gasteiger partial charge in [0.25, 0.3) is 0 Å². The number of aryl methyl sites for hydroxylation is 1. The topological polar surface area (TPSA) is 46.6 Å². The first-order chi connectivity index (χ1) is 10.9. The molecule has 0 aromatic heterocycles. The number of benzene rings is 2. The minimum absolute atomic E-state index is 0.142. The second-order valence-corrected chi connectivity index (χ2v) is 7.98. The molecule has 6 heteroatoms. The van der Waals surface area contributed by atoms with Crippen molar-refractivity contribution in [3.8, 4) is 5.75 Å². The van der Waals surface area contributed by atoms with Crippen LogP contribution in [0.25, 0.3) is 0 Å². The average Bonchev–Trinajstić information content (AvgIpc) is 2.97. The largest absolute Gasteiger partial charge is 0.495 e. The lowest BCUT2D eigenvalue weighted by atomic mass is 10.1. The van der Waals surface area contributed by atoms with Crippen molar-refractivity contribution in [3.05, 3.63) is 58.6 Å². The van der Waals surface area contributed by atoms with E-state index in [1.165, 1.54) is 29.1 Å². The van der Waals surface area contributed by atoms with Crippen molar-refractivity contribution in [1.82, 2.24) is 4.31 Å². The predicted octanol–water partition coefficient (Wildman–Crippen LogP) is 3.66. The molecule has 0 radical (unpaired) electrons. The van der Waals surface area contributed by atoms with E-state index in [9.17, 15) is 8.42 Å². The molecular formula is C17H18ClNO3S. The van der Waals surface area contributed by atoms with Gasteiger partial charge in [-0.2, -0.15) is 4.31 Å². The number of nitrogens with zero attached hydrogens (tertiary/aromatic N) is 1. The number of hydrogen-bond donors (Lipinski definition) is 0. The van der Waals surface area contributed by atoms with E-state index in [2.05, 4.69) is 6.07 Å². The third-order valence-electron chi connectivity index (χ3n) is 4.34. The molecule has 2 aromatic carbocycles. The molecule has 1 atom stereocenters. The van der Waals surface area contributed by atoms with Crippen molar-refractivity contribution in [2.75, 3.05) is 14.2 Å². The molecule has 0 bridgehead atoms. The number of fused-ring (bicyclic) bond motifs is 1. The summed E-state index contributed by atoms with van der Waals surface area (Å²) in [6, 6.07) is 12.4. The minimum atomic E-state index is -3.62. The van der Waals surface area contributed by atoms with Crippen LogP contribution in [0.5, 0.6) is 5.75 Å². The van der Waals surface area contributed by atoms with Crippen molar-refractivity contribution in [1.29, 1.82) is 0 Å². The summed E-state index contributed by atoms with van der Waals surface area (Å²) in [4.78, 5) is 0.176. The maximum absolute atomic E-state index is 12.9. The molecule has 1 aliphatic rings. The van der Waals surface area contributed by atoms with Crippen LogP contribution in [0.4, 0.5) is 0 Å². The van der Waals surface area contributed by atoms with Crippen LogP contribution in [0.3, 0.4) is 0 Å². The van der Waals surface area contributed by atoms with Crippen molar-refractivity contribution < 1.29 is 13.2 Å². The lowest BCUT2D eigenvalue weighted by molar-refractivity contribution is 0.374. The van der Waals surface area contributed by atoms with Crippen LogP contribution in [0, 0.1) is 0 Å². The summed E-state index contributed by atoms with van der Waals surface area (Å²) in [5, 5.41) is 0.286. The standard InChI is InChI=1S/C17H18ClNO3S/c1-19(16-9-7-12-5-3-4-6-14(12)16)23(20,21)13-8-10-17(22-2)15(18)11-13/h3-6,8,10-11,16H,7,9H2,1-2H3. The molecule has 0 amide bonds. The number of rotatable bonds is 4. The Morgan fingerprint density at radius 2 is 1.96 bits per heavy atom. The molecule has 23 heavy (non-hydrogen) atoms. The Morgan fingerprint density at radius 1 is 1.22 bits per heavy atom. The van der Waals surface area contributed by atoms with E-state index in [0.717, 1.165) is 18.4 Å². The van der Waals surface area contributed by atoms with Crippen molar-refractivity contribution >= 4 is 21.6 Å². The van der Waals surface area contributed by atoms with Gasteiger partial charge in [0.1, 0.15) is 5.75 Å². The Hall–Kier alpha value is -1.56. The van der Waals surface area contributed by atoms with Gasteiger partial charge in [-0.15, -0.1) is 0 Å². The smallest absolute Gasteiger partial charge is 0.243 e. The molecule has 122 valence electrons. The second kappa shape index (κ2) is 6.15. The fourth-order valence-electron chi connectivity index (χ4n) is 3.05. The zero-order valence-corrected chi connectivity index (χ0v) is 14.6. The molecule has 1 unspecified atom stereocenters. The van der Waals surface area contributed by atoms with Gasteiger partial charge in [0.15, 0.2) is 0 Å². The lowest BCUT2D eigenvalue weighted by Crippen LogP contribution is -2.30. The van der Waals surface area contributed by atoms with Gasteiger partial charge in [-0.1, -0.05) is 35.9 Å². The second-order valence-electron chi connectivity index (χ2n) is 5.57. The highest BCUT2D eigenvalue weighted by Gasteiger charge is 2.33. The van der Waals surface area contributed by atoms with Crippen LogP contribution < -0.4 is 4.74 Å². The van der Waals surface area contributed by atoms with Gasteiger partial charge in [0, 0.05) is 7.05 Å². The maximum atomic E-state index is 12.9. The van der Waals surface area contributed by atoms with Crippen molar-refractivity contribution in [3.63, 3.8) is 0 Å². The van der Waals surface area contributed by atoms with E-state index < -0.39 is 10.0 Å². The third-order valence-corrected chi connectivity index (χ3v) is 6.50. The van der Waals surface area contributed by atoms with Crippen LogP contribution in [-0.2, 0) is 16.4 Å². The van der Waals surface area contributed by atoms with Gasteiger partial charge >= 0.3 is 0 Å². The van der Waals surface area contributed by atoms with E-state index in [0.29, 0.717) is 5.75 Å². The number of sulfonamides is 1. The normalized spacial score (nSPS) is 17.3. The van der Waals surface area contributed by atoms with Gasteiger partial charge in [-0.05, 0) is 42.2 Å². The van der Waals surface area contributed by atoms with Crippen LogP contribution in [0.2, 0.25) is 5.02 Å². The SMILES string of the molecule is COc1ccc(S(=O)(=O)N(C)C2CCc3ccccc32)cc1Cl. The Kier molecular flexibility index (Phi) is 4.36. The van der Waals surface area contributed by atoms with Crippen LogP contribution >= 0.6 is 11.6 Å². The summed E-state index contributed by atoms with van der Waals surface area (Å²) >= 11 is 6.07. The lowest BCUT2D eigenvalue weighted by Gasteiger charge is -2.25. The van der Waals surface area contributed by atoms with E-state index in [4.69, 9.17) is 16.3 Å².